The van der Waals surface area contributed by atoms with E-state index in [0.29, 0.717) is 10.8 Å². The molecule has 0 radical (unpaired) electrons. The number of aliphatic hydroxyl groups is 2. The number of fused-ring (bicyclic) bond motifs is 1. The van der Waals surface area contributed by atoms with Gasteiger partial charge in [-0.25, -0.2) is 28.4 Å². The van der Waals surface area contributed by atoms with E-state index >= 15 is 0 Å². The highest BCUT2D eigenvalue weighted by Crippen LogP contribution is 2.18. The first-order valence-electron chi connectivity index (χ1n) is 10.9. The number of carbonyl (C=O) groups excluding carboxylic acids is 2. The number of pyridine rings is 1. The second-order valence-corrected chi connectivity index (χ2v) is 7.95. The van der Waals surface area contributed by atoms with E-state index in [4.69, 9.17) is 4.74 Å². The van der Waals surface area contributed by atoms with E-state index in [1.165, 1.54) is 49.5 Å². The zero-order valence-electron chi connectivity index (χ0n) is 19.2. The minimum Gasteiger partial charge on any atom is -0.447 e. The average Bonchev–Trinajstić information content (AvgIpc) is 2.84. The standard InChI is InChI=1S/C24H25F3N4O5/c1-14(33)31(29-11-16-3-2-4-21(26)23(16)27)19(9-20(34)12-32)13-36-24(35)30-22-8-17-7-18(25)6-5-15(17)10-28-22/h2-8,10,19-20,29,32,34H,9,11-13H2,1H3,(H,28,30,35)/t19-,20-/m0/s1. The Bertz CT molecular complexity index is 1230. The van der Waals surface area contributed by atoms with Crippen molar-refractivity contribution in [2.24, 2.45) is 0 Å². The molecule has 0 saturated carbocycles. The predicted molar refractivity (Wildman–Crippen MR) is 124 cm³/mol. The van der Waals surface area contributed by atoms with Crippen molar-refractivity contribution in [2.45, 2.75) is 32.0 Å². The van der Waals surface area contributed by atoms with Crippen molar-refractivity contribution in [1.29, 1.82) is 0 Å². The van der Waals surface area contributed by atoms with Gasteiger partial charge in [0.15, 0.2) is 11.6 Å². The van der Waals surface area contributed by atoms with Gasteiger partial charge in [0.05, 0.1) is 18.8 Å². The maximum atomic E-state index is 14.0. The Hall–Kier alpha value is -3.74. The highest BCUT2D eigenvalue weighted by molar-refractivity contribution is 5.89. The molecule has 2 amide bonds. The summed E-state index contributed by atoms with van der Waals surface area (Å²) in [4.78, 5) is 28.7. The number of aromatic nitrogens is 1. The Kier molecular flexibility index (Phi) is 9.17. The zero-order chi connectivity index (χ0) is 26.2. The number of hydrazine groups is 1. The van der Waals surface area contributed by atoms with Gasteiger partial charge in [0.1, 0.15) is 18.2 Å². The molecular weight excluding hydrogens is 481 g/mol. The van der Waals surface area contributed by atoms with E-state index in [1.807, 2.05) is 0 Å². The summed E-state index contributed by atoms with van der Waals surface area (Å²) < 4.78 is 46.2. The molecule has 1 aromatic heterocycles. The largest absolute Gasteiger partial charge is 0.447 e. The average molecular weight is 506 g/mol. The molecule has 0 unspecified atom stereocenters. The third-order valence-electron chi connectivity index (χ3n) is 5.25. The fourth-order valence-electron chi connectivity index (χ4n) is 3.48. The van der Waals surface area contributed by atoms with Crippen molar-refractivity contribution in [2.75, 3.05) is 18.5 Å². The summed E-state index contributed by atoms with van der Waals surface area (Å²) in [6.45, 7) is -0.141. The summed E-state index contributed by atoms with van der Waals surface area (Å²) >= 11 is 0. The maximum Gasteiger partial charge on any atom is 0.412 e. The highest BCUT2D eigenvalue weighted by atomic mass is 19.2. The van der Waals surface area contributed by atoms with Crippen molar-refractivity contribution in [1.82, 2.24) is 15.4 Å². The van der Waals surface area contributed by atoms with Gasteiger partial charge in [-0.1, -0.05) is 12.1 Å². The van der Waals surface area contributed by atoms with Crippen LogP contribution < -0.4 is 10.7 Å². The Balaban J connectivity index is 1.68. The second kappa shape index (κ2) is 12.3. The minimum atomic E-state index is -1.26. The smallest absolute Gasteiger partial charge is 0.412 e. The van der Waals surface area contributed by atoms with Crippen LogP contribution >= 0.6 is 0 Å². The number of hydrogen-bond donors (Lipinski definition) is 4. The van der Waals surface area contributed by atoms with Gasteiger partial charge < -0.3 is 14.9 Å². The molecule has 0 aliphatic rings. The molecule has 0 saturated heterocycles. The summed E-state index contributed by atoms with van der Waals surface area (Å²) in [6.07, 6.45) is -0.956. The quantitative estimate of drug-likeness (QED) is 0.312. The molecule has 2 atom stereocenters. The van der Waals surface area contributed by atoms with Gasteiger partial charge in [0.25, 0.3) is 0 Å². The topological polar surface area (TPSA) is 124 Å². The van der Waals surface area contributed by atoms with Crippen LogP contribution in [0.15, 0.2) is 48.7 Å². The molecule has 3 aromatic rings. The number of nitrogens with zero attached hydrogens (tertiary/aromatic N) is 2. The van der Waals surface area contributed by atoms with Crippen LogP contribution in [0, 0.1) is 17.5 Å². The first-order valence-corrected chi connectivity index (χ1v) is 10.9. The molecule has 3 rings (SSSR count). The SMILES string of the molecule is CC(=O)N(NCc1cccc(F)c1F)[C@H](COC(=O)Nc1cc2cc(F)ccc2cn1)C[C@H](O)CO. The molecule has 0 spiro atoms. The predicted octanol–water partition coefficient (Wildman–Crippen LogP) is 2.87. The van der Waals surface area contributed by atoms with Crippen LogP contribution in [-0.4, -0.2) is 57.6 Å². The number of nitrogens with one attached hydrogen (secondary N) is 2. The fourth-order valence-corrected chi connectivity index (χ4v) is 3.48. The molecule has 0 bridgehead atoms. The number of aliphatic hydroxyl groups excluding tert-OH is 2. The number of benzene rings is 2. The van der Waals surface area contributed by atoms with Gasteiger partial charge in [-0.3, -0.25) is 15.1 Å². The molecular formula is C24H25F3N4O5. The molecule has 0 aliphatic carbocycles. The molecule has 0 aliphatic heterocycles. The van der Waals surface area contributed by atoms with E-state index in [-0.39, 0.29) is 24.3 Å². The number of rotatable bonds is 10. The van der Waals surface area contributed by atoms with E-state index in [9.17, 15) is 33.0 Å². The van der Waals surface area contributed by atoms with Crippen molar-refractivity contribution in [3.05, 3.63) is 71.7 Å². The van der Waals surface area contributed by atoms with Gasteiger partial charge in [0.2, 0.25) is 5.91 Å². The van der Waals surface area contributed by atoms with Gasteiger partial charge in [-0.05, 0) is 35.7 Å². The molecule has 1 heterocycles. The lowest BCUT2D eigenvalue weighted by Crippen LogP contribution is -2.52. The number of hydrogen-bond acceptors (Lipinski definition) is 7. The monoisotopic (exact) mass is 506 g/mol. The van der Waals surface area contributed by atoms with Gasteiger partial charge in [-0.2, -0.15) is 0 Å². The van der Waals surface area contributed by atoms with Gasteiger partial charge in [-0.15, -0.1) is 0 Å². The Morgan fingerprint density at radius 1 is 1.14 bits per heavy atom. The first-order chi connectivity index (χ1) is 17.2. The molecule has 9 nitrogen and oxygen atoms in total. The van der Waals surface area contributed by atoms with Crippen molar-refractivity contribution >= 4 is 28.6 Å². The number of halogens is 3. The van der Waals surface area contributed by atoms with Crippen LogP contribution in [0.2, 0.25) is 0 Å². The van der Waals surface area contributed by atoms with E-state index in [0.717, 1.165) is 11.1 Å². The van der Waals surface area contributed by atoms with Gasteiger partial charge >= 0.3 is 6.09 Å². The Labute approximate surface area is 204 Å². The summed E-state index contributed by atoms with van der Waals surface area (Å²) in [5.74, 6) is -3.07. The van der Waals surface area contributed by atoms with Crippen molar-refractivity contribution in [3.8, 4) is 0 Å². The summed E-state index contributed by atoms with van der Waals surface area (Å²) in [6, 6.07) is 8.15. The van der Waals surface area contributed by atoms with Crippen molar-refractivity contribution < 1.29 is 37.7 Å². The lowest BCUT2D eigenvalue weighted by Gasteiger charge is -2.32. The summed E-state index contributed by atoms with van der Waals surface area (Å²) in [5, 5.41) is 23.7. The van der Waals surface area contributed by atoms with Crippen LogP contribution in [0.25, 0.3) is 10.8 Å². The van der Waals surface area contributed by atoms with Crippen LogP contribution in [0.4, 0.5) is 23.8 Å². The fraction of sp³-hybridized carbons (Fsp3) is 0.292. The third kappa shape index (κ3) is 7.13. The van der Waals surface area contributed by atoms with E-state index < -0.39 is 54.8 Å². The molecule has 12 heteroatoms. The van der Waals surface area contributed by atoms with Gasteiger partial charge in [0, 0.05) is 37.0 Å². The molecule has 4 N–H and O–H groups in total. The van der Waals surface area contributed by atoms with Crippen molar-refractivity contribution in [3.63, 3.8) is 0 Å². The summed E-state index contributed by atoms with van der Waals surface area (Å²) in [7, 11) is 0. The lowest BCUT2D eigenvalue weighted by atomic mass is 10.1. The Morgan fingerprint density at radius 3 is 2.64 bits per heavy atom. The number of anilines is 1. The van der Waals surface area contributed by atoms with Crippen LogP contribution in [-0.2, 0) is 16.1 Å². The maximum absolute atomic E-state index is 14.0. The number of carbonyl (C=O) groups is 2. The van der Waals surface area contributed by atoms with Crippen LogP contribution in [0.3, 0.4) is 0 Å². The minimum absolute atomic E-state index is 0.0554. The molecule has 0 fully saturated rings. The third-order valence-corrected chi connectivity index (χ3v) is 5.25. The molecule has 36 heavy (non-hydrogen) atoms. The van der Waals surface area contributed by atoms with Crippen LogP contribution in [0.5, 0.6) is 0 Å². The summed E-state index contributed by atoms with van der Waals surface area (Å²) in [5.41, 5.74) is 2.60. The zero-order valence-corrected chi connectivity index (χ0v) is 19.2. The Morgan fingerprint density at radius 2 is 1.92 bits per heavy atom. The number of ether oxygens (including phenoxy) is 1. The second-order valence-electron chi connectivity index (χ2n) is 7.95. The molecule has 2 aromatic carbocycles. The first kappa shape index (κ1) is 26.9. The van der Waals surface area contributed by atoms with E-state index in [1.54, 1.807) is 0 Å². The normalized spacial score (nSPS) is 12.7. The van der Waals surface area contributed by atoms with E-state index in [2.05, 4.69) is 15.7 Å². The lowest BCUT2D eigenvalue weighted by molar-refractivity contribution is -0.137. The highest BCUT2D eigenvalue weighted by Gasteiger charge is 2.26. The number of amides is 2. The molecule has 192 valence electrons. The van der Waals surface area contributed by atoms with Crippen LogP contribution in [0.1, 0.15) is 18.9 Å².